The Morgan fingerprint density at radius 3 is 2.30 bits per heavy atom. The smallest absolute Gasteiger partial charge is 0.337 e. The summed E-state index contributed by atoms with van der Waals surface area (Å²) in [4.78, 5) is 49.0. The molecule has 0 saturated heterocycles. The highest BCUT2D eigenvalue weighted by Gasteiger charge is 2.45. The normalized spacial score (nSPS) is 24.8. The van der Waals surface area contributed by atoms with Crippen molar-refractivity contribution in [3.05, 3.63) is 46.7 Å². The van der Waals surface area contributed by atoms with Gasteiger partial charge in [-0.2, -0.15) is 0 Å². The van der Waals surface area contributed by atoms with Gasteiger partial charge in [0.15, 0.2) is 5.78 Å². The number of amides is 1. The summed E-state index contributed by atoms with van der Waals surface area (Å²) in [5.41, 5.74) is 2.14. The maximum absolute atomic E-state index is 13.1. The molecule has 1 aliphatic heterocycles. The minimum atomic E-state index is -0.874. The van der Waals surface area contributed by atoms with Crippen LogP contribution in [-0.4, -0.2) is 37.8 Å². The zero-order valence-electron chi connectivity index (χ0n) is 15.4. The molecule has 1 amide bonds. The van der Waals surface area contributed by atoms with Crippen molar-refractivity contribution in [2.24, 2.45) is 11.8 Å². The number of carbonyl (C=O) groups excluding carboxylic acids is 4. The second-order valence-electron chi connectivity index (χ2n) is 6.86. The lowest BCUT2D eigenvalue weighted by Gasteiger charge is -2.36. The lowest BCUT2D eigenvalue weighted by atomic mass is 9.70. The largest absolute Gasteiger partial charge is 0.468 e. The monoisotopic (exact) mass is 371 g/mol. The summed E-state index contributed by atoms with van der Waals surface area (Å²) in [7, 11) is 2.56. The number of rotatable bonds is 3. The average Bonchev–Trinajstić information content (AvgIpc) is 2.66. The molecule has 0 saturated carbocycles. The highest BCUT2D eigenvalue weighted by Crippen LogP contribution is 2.42. The van der Waals surface area contributed by atoms with E-state index in [4.69, 9.17) is 4.74 Å². The van der Waals surface area contributed by atoms with Crippen LogP contribution in [0, 0.1) is 11.8 Å². The van der Waals surface area contributed by atoms with E-state index in [0.717, 1.165) is 5.56 Å². The highest BCUT2D eigenvalue weighted by molar-refractivity contribution is 6.11. The molecule has 0 fully saturated rings. The lowest BCUT2D eigenvalue weighted by Crippen LogP contribution is -2.44. The molecule has 27 heavy (non-hydrogen) atoms. The number of carbonyl (C=O) groups is 4. The number of ether oxygens (including phenoxy) is 2. The molecule has 7 nitrogen and oxygen atoms in total. The summed E-state index contributed by atoms with van der Waals surface area (Å²) in [6.07, 6.45) is 0.522. The number of esters is 2. The molecule has 1 aromatic carbocycles. The number of nitrogens with one attached hydrogen (secondary N) is 1. The van der Waals surface area contributed by atoms with Crippen LogP contribution >= 0.6 is 0 Å². The summed E-state index contributed by atoms with van der Waals surface area (Å²) >= 11 is 0. The zero-order valence-corrected chi connectivity index (χ0v) is 15.4. The van der Waals surface area contributed by atoms with E-state index in [1.165, 1.54) is 14.2 Å². The van der Waals surface area contributed by atoms with Gasteiger partial charge in [0.2, 0.25) is 5.91 Å². The van der Waals surface area contributed by atoms with Gasteiger partial charge in [-0.05, 0) is 30.0 Å². The number of ketones is 1. The maximum Gasteiger partial charge on any atom is 0.337 e. The Bertz CT molecular complexity index is 839. The van der Waals surface area contributed by atoms with Gasteiger partial charge in [-0.25, -0.2) is 4.79 Å². The van der Waals surface area contributed by atoms with E-state index in [2.05, 4.69) is 10.1 Å². The molecule has 0 unspecified atom stereocenters. The summed E-state index contributed by atoms with van der Waals surface area (Å²) in [5, 5.41) is 2.79. The third-order valence-electron chi connectivity index (χ3n) is 5.19. The molecule has 0 bridgehead atoms. The van der Waals surface area contributed by atoms with Crippen LogP contribution in [0.2, 0.25) is 0 Å². The lowest BCUT2D eigenvalue weighted by molar-refractivity contribution is -0.151. The Morgan fingerprint density at radius 2 is 1.70 bits per heavy atom. The number of hydrogen-bond acceptors (Lipinski definition) is 6. The topological polar surface area (TPSA) is 98.8 Å². The van der Waals surface area contributed by atoms with Crippen LogP contribution in [0.4, 0.5) is 0 Å². The Hall–Kier alpha value is -2.96. The molecule has 1 heterocycles. The minimum absolute atomic E-state index is 0.102. The first-order valence-electron chi connectivity index (χ1n) is 8.70. The first-order valence-corrected chi connectivity index (χ1v) is 8.70. The Kier molecular flexibility index (Phi) is 5.12. The molecule has 3 atom stereocenters. The number of hydrogen-bond donors (Lipinski definition) is 1. The van der Waals surface area contributed by atoms with Crippen molar-refractivity contribution in [1.29, 1.82) is 0 Å². The van der Waals surface area contributed by atoms with Gasteiger partial charge >= 0.3 is 11.9 Å². The van der Waals surface area contributed by atoms with Crippen molar-refractivity contribution in [2.45, 2.75) is 25.7 Å². The molecule has 1 aromatic rings. The molecule has 1 N–H and O–H groups in total. The Labute approximate surface area is 156 Å². The molecular formula is C20H21NO6. The van der Waals surface area contributed by atoms with Crippen LogP contribution < -0.4 is 5.32 Å². The fraction of sp³-hybridized carbons (Fsp3) is 0.400. The van der Waals surface area contributed by atoms with Crippen LogP contribution in [0.5, 0.6) is 0 Å². The van der Waals surface area contributed by atoms with Gasteiger partial charge in [0.1, 0.15) is 5.92 Å². The summed E-state index contributed by atoms with van der Waals surface area (Å²) in [5.74, 6) is -3.10. The average molecular weight is 371 g/mol. The third-order valence-corrected chi connectivity index (χ3v) is 5.19. The fourth-order valence-corrected chi connectivity index (χ4v) is 3.85. The molecule has 2 aliphatic rings. The first-order chi connectivity index (χ1) is 12.9. The van der Waals surface area contributed by atoms with Gasteiger partial charge in [0, 0.05) is 23.6 Å². The predicted molar refractivity (Wildman–Crippen MR) is 94.6 cm³/mol. The minimum Gasteiger partial charge on any atom is -0.468 e. The molecule has 7 heteroatoms. The third kappa shape index (κ3) is 3.37. The van der Waals surface area contributed by atoms with Crippen LogP contribution in [0.1, 0.15) is 41.6 Å². The van der Waals surface area contributed by atoms with Gasteiger partial charge in [0.05, 0.1) is 19.8 Å². The zero-order chi connectivity index (χ0) is 19.7. The fourth-order valence-electron chi connectivity index (χ4n) is 3.85. The Morgan fingerprint density at radius 1 is 1.04 bits per heavy atom. The van der Waals surface area contributed by atoms with E-state index < -0.39 is 23.8 Å². The molecule has 142 valence electrons. The second kappa shape index (κ2) is 7.34. The SMILES string of the molecule is COC(=O)c1ccc([C@H]2CC(=O)NC3=C2C(=O)[C@H](C(=O)OC)[C@@H](C)C3)cc1. The van der Waals surface area contributed by atoms with Crippen LogP contribution in [-0.2, 0) is 23.9 Å². The van der Waals surface area contributed by atoms with E-state index in [9.17, 15) is 19.2 Å². The van der Waals surface area contributed by atoms with Crippen molar-refractivity contribution in [1.82, 2.24) is 5.32 Å². The quantitative estimate of drug-likeness (QED) is 0.642. The summed E-state index contributed by atoms with van der Waals surface area (Å²) < 4.78 is 9.49. The maximum atomic E-state index is 13.1. The summed E-state index contributed by atoms with van der Waals surface area (Å²) in [6, 6.07) is 6.61. The van der Waals surface area contributed by atoms with E-state index >= 15 is 0 Å². The van der Waals surface area contributed by atoms with Crippen molar-refractivity contribution in [3.8, 4) is 0 Å². The second-order valence-corrected chi connectivity index (χ2v) is 6.86. The molecule has 1 aliphatic carbocycles. The van der Waals surface area contributed by atoms with Crippen LogP contribution in [0.25, 0.3) is 0 Å². The van der Waals surface area contributed by atoms with Gasteiger partial charge in [-0.3, -0.25) is 14.4 Å². The number of methoxy groups -OCH3 is 2. The number of benzene rings is 1. The van der Waals surface area contributed by atoms with Gasteiger partial charge in [-0.15, -0.1) is 0 Å². The van der Waals surface area contributed by atoms with Crippen LogP contribution in [0.15, 0.2) is 35.5 Å². The van der Waals surface area contributed by atoms with E-state index in [1.807, 2.05) is 0 Å². The first kappa shape index (κ1) is 18.8. The molecule has 0 radical (unpaired) electrons. The Balaban J connectivity index is 2.01. The van der Waals surface area contributed by atoms with E-state index in [0.29, 0.717) is 23.3 Å². The molecule has 0 spiro atoms. The van der Waals surface area contributed by atoms with Crippen molar-refractivity contribution in [2.75, 3.05) is 14.2 Å². The van der Waals surface area contributed by atoms with Crippen molar-refractivity contribution in [3.63, 3.8) is 0 Å². The number of allylic oxidation sites excluding steroid dienone is 2. The highest BCUT2D eigenvalue weighted by atomic mass is 16.5. The van der Waals surface area contributed by atoms with E-state index in [1.54, 1.807) is 31.2 Å². The molecular weight excluding hydrogens is 350 g/mol. The number of Topliss-reactive ketones (excluding diaryl/α,β-unsaturated/α-hetero) is 1. The van der Waals surface area contributed by atoms with Crippen molar-refractivity contribution >= 4 is 23.6 Å². The molecule has 3 rings (SSSR count). The van der Waals surface area contributed by atoms with E-state index in [-0.39, 0.29) is 24.0 Å². The van der Waals surface area contributed by atoms with Gasteiger partial charge in [0.25, 0.3) is 0 Å². The van der Waals surface area contributed by atoms with Gasteiger partial charge in [-0.1, -0.05) is 19.1 Å². The van der Waals surface area contributed by atoms with Gasteiger partial charge < -0.3 is 14.8 Å². The summed E-state index contributed by atoms with van der Waals surface area (Å²) in [6.45, 7) is 1.80. The molecule has 0 aromatic heterocycles. The van der Waals surface area contributed by atoms with Crippen molar-refractivity contribution < 1.29 is 28.7 Å². The van der Waals surface area contributed by atoms with Crippen LogP contribution in [0.3, 0.4) is 0 Å². The standard InChI is InChI=1S/C20H21NO6/c1-10-8-14-17(18(23)16(10)20(25)27-3)13(9-15(22)21-14)11-4-6-12(7-5-11)19(24)26-2/h4-7,10,13,16H,8-9H2,1-3H3,(H,21,22)/t10-,13+,16+/m0/s1. The predicted octanol–water partition coefficient (Wildman–Crippen LogP) is 1.73.